The molecule has 0 bridgehead atoms. The van der Waals surface area contributed by atoms with E-state index in [2.05, 4.69) is 53.5 Å². The second kappa shape index (κ2) is 9.79. The Morgan fingerprint density at radius 2 is 1.73 bits per heavy atom. The highest BCUT2D eigenvalue weighted by atomic mass is 32.2. The van der Waals surface area contributed by atoms with Gasteiger partial charge in [0.05, 0.1) is 11.8 Å². The molecule has 2 aromatic carbocycles. The van der Waals surface area contributed by atoms with E-state index >= 15 is 0 Å². The van der Waals surface area contributed by atoms with Crippen LogP contribution in [0.1, 0.15) is 36.4 Å². The SMILES string of the molecule is Cc1ccccc1SCC(=O)NC[C@H](c1ccccc1)N1CCCCC1. The van der Waals surface area contributed by atoms with Gasteiger partial charge in [-0.25, -0.2) is 0 Å². The first-order valence-corrected chi connectivity index (χ1v) is 10.5. The normalized spacial score (nSPS) is 16.2. The van der Waals surface area contributed by atoms with E-state index in [0.717, 1.165) is 13.1 Å². The summed E-state index contributed by atoms with van der Waals surface area (Å²) in [5.74, 6) is 0.572. The number of rotatable bonds is 7. The molecule has 1 amide bonds. The van der Waals surface area contributed by atoms with Crippen LogP contribution in [0.5, 0.6) is 0 Å². The summed E-state index contributed by atoms with van der Waals surface area (Å²) in [4.78, 5) is 16.1. The lowest BCUT2D eigenvalue weighted by atomic mass is 10.0. The van der Waals surface area contributed by atoms with Crippen molar-refractivity contribution in [3.05, 3.63) is 65.7 Å². The van der Waals surface area contributed by atoms with Crippen LogP contribution in [-0.2, 0) is 4.79 Å². The van der Waals surface area contributed by atoms with Crippen LogP contribution in [0.4, 0.5) is 0 Å². The van der Waals surface area contributed by atoms with Crippen molar-refractivity contribution in [3.8, 4) is 0 Å². The van der Waals surface area contributed by atoms with Crippen molar-refractivity contribution in [2.75, 3.05) is 25.4 Å². The third-order valence-electron chi connectivity index (χ3n) is 4.96. The number of hydrogen-bond acceptors (Lipinski definition) is 3. The van der Waals surface area contributed by atoms with Gasteiger partial charge in [0.1, 0.15) is 0 Å². The largest absolute Gasteiger partial charge is 0.353 e. The van der Waals surface area contributed by atoms with E-state index in [1.165, 1.54) is 35.3 Å². The fourth-order valence-electron chi connectivity index (χ4n) is 3.49. The number of amides is 1. The van der Waals surface area contributed by atoms with Crippen molar-refractivity contribution in [3.63, 3.8) is 0 Å². The maximum atomic E-state index is 12.4. The molecule has 1 saturated heterocycles. The molecule has 1 atom stereocenters. The molecule has 1 aliphatic heterocycles. The van der Waals surface area contributed by atoms with Crippen molar-refractivity contribution < 1.29 is 4.79 Å². The Morgan fingerprint density at radius 1 is 1.04 bits per heavy atom. The van der Waals surface area contributed by atoms with Crippen LogP contribution in [0.25, 0.3) is 0 Å². The highest BCUT2D eigenvalue weighted by Gasteiger charge is 2.22. The number of piperidine rings is 1. The Labute approximate surface area is 161 Å². The zero-order chi connectivity index (χ0) is 18.2. The average molecular weight is 369 g/mol. The molecule has 0 spiro atoms. The number of likely N-dealkylation sites (tertiary alicyclic amines) is 1. The fourth-order valence-corrected chi connectivity index (χ4v) is 4.35. The van der Waals surface area contributed by atoms with Gasteiger partial charge in [-0.3, -0.25) is 9.69 Å². The molecule has 1 heterocycles. The van der Waals surface area contributed by atoms with Crippen LogP contribution in [0.2, 0.25) is 0 Å². The summed E-state index contributed by atoms with van der Waals surface area (Å²) in [6.45, 7) is 5.00. The van der Waals surface area contributed by atoms with E-state index < -0.39 is 0 Å². The zero-order valence-electron chi connectivity index (χ0n) is 15.5. The summed E-state index contributed by atoms with van der Waals surface area (Å²) in [6.07, 6.45) is 3.82. The molecule has 0 unspecified atom stereocenters. The van der Waals surface area contributed by atoms with Gasteiger partial charge in [0, 0.05) is 11.4 Å². The topological polar surface area (TPSA) is 32.3 Å². The van der Waals surface area contributed by atoms with Crippen LogP contribution >= 0.6 is 11.8 Å². The van der Waals surface area contributed by atoms with Crippen molar-refractivity contribution in [1.82, 2.24) is 10.2 Å². The number of thioether (sulfide) groups is 1. The average Bonchev–Trinajstić information content (AvgIpc) is 2.69. The summed E-state index contributed by atoms with van der Waals surface area (Å²) < 4.78 is 0. The van der Waals surface area contributed by atoms with Crippen molar-refractivity contribution in [1.29, 1.82) is 0 Å². The van der Waals surface area contributed by atoms with Gasteiger partial charge in [-0.1, -0.05) is 55.0 Å². The highest BCUT2D eigenvalue weighted by Crippen LogP contribution is 2.24. The molecule has 1 aliphatic rings. The molecular formula is C22H28N2OS. The Morgan fingerprint density at radius 3 is 2.46 bits per heavy atom. The molecule has 0 aromatic heterocycles. The predicted molar refractivity (Wildman–Crippen MR) is 110 cm³/mol. The van der Waals surface area contributed by atoms with Gasteiger partial charge in [-0.2, -0.15) is 0 Å². The number of benzene rings is 2. The molecule has 138 valence electrons. The summed E-state index contributed by atoms with van der Waals surface area (Å²) >= 11 is 1.61. The van der Waals surface area contributed by atoms with E-state index in [0.29, 0.717) is 12.3 Å². The lowest BCUT2D eigenvalue weighted by Crippen LogP contribution is -2.41. The minimum Gasteiger partial charge on any atom is -0.353 e. The van der Waals surface area contributed by atoms with Gasteiger partial charge in [-0.05, 0) is 50.0 Å². The van der Waals surface area contributed by atoms with E-state index in [-0.39, 0.29) is 11.9 Å². The summed E-state index contributed by atoms with van der Waals surface area (Å²) in [5.41, 5.74) is 2.52. The lowest BCUT2D eigenvalue weighted by Gasteiger charge is -2.35. The standard InChI is InChI=1S/C22H28N2OS/c1-18-10-6-7-13-21(18)26-17-22(25)23-16-20(19-11-4-2-5-12-19)24-14-8-3-9-15-24/h2,4-7,10-13,20H,3,8-9,14-17H2,1H3,(H,23,25)/t20-/m1/s1. The van der Waals surface area contributed by atoms with E-state index in [4.69, 9.17) is 0 Å². The molecule has 2 aromatic rings. The van der Waals surface area contributed by atoms with Crippen LogP contribution in [0, 0.1) is 6.92 Å². The van der Waals surface area contributed by atoms with Gasteiger partial charge >= 0.3 is 0 Å². The third kappa shape index (κ3) is 5.36. The second-order valence-electron chi connectivity index (χ2n) is 6.88. The Hall–Kier alpha value is -1.78. The molecule has 4 heteroatoms. The van der Waals surface area contributed by atoms with Crippen LogP contribution < -0.4 is 5.32 Å². The minimum absolute atomic E-state index is 0.108. The van der Waals surface area contributed by atoms with Gasteiger partial charge in [-0.15, -0.1) is 11.8 Å². The molecule has 0 aliphatic carbocycles. The van der Waals surface area contributed by atoms with Gasteiger partial charge in [0.15, 0.2) is 0 Å². The Bertz CT molecular complexity index is 698. The maximum Gasteiger partial charge on any atom is 0.230 e. The maximum absolute atomic E-state index is 12.4. The molecule has 0 radical (unpaired) electrons. The Balaban J connectivity index is 1.56. The molecule has 3 rings (SSSR count). The van der Waals surface area contributed by atoms with Gasteiger partial charge < -0.3 is 5.32 Å². The first-order chi connectivity index (χ1) is 12.7. The van der Waals surface area contributed by atoms with Crippen LogP contribution in [-0.4, -0.2) is 36.2 Å². The predicted octanol–water partition coefficient (Wildman–Crippen LogP) is 4.43. The van der Waals surface area contributed by atoms with Crippen LogP contribution in [0.15, 0.2) is 59.5 Å². The smallest absolute Gasteiger partial charge is 0.230 e. The number of carbonyl (C=O) groups is 1. The van der Waals surface area contributed by atoms with Crippen molar-refractivity contribution in [2.24, 2.45) is 0 Å². The molecule has 3 nitrogen and oxygen atoms in total. The molecule has 0 saturated carbocycles. The number of aryl methyl sites for hydroxylation is 1. The second-order valence-corrected chi connectivity index (χ2v) is 7.90. The summed E-state index contributed by atoms with van der Waals surface area (Å²) in [7, 11) is 0. The van der Waals surface area contributed by atoms with Crippen LogP contribution in [0.3, 0.4) is 0 Å². The Kier molecular flexibility index (Phi) is 7.15. The number of hydrogen-bond donors (Lipinski definition) is 1. The highest BCUT2D eigenvalue weighted by molar-refractivity contribution is 8.00. The molecule has 1 N–H and O–H groups in total. The fraction of sp³-hybridized carbons (Fsp3) is 0.409. The van der Waals surface area contributed by atoms with Crippen molar-refractivity contribution in [2.45, 2.75) is 37.1 Å². The zero-order valence-corrected chi connectivity index (χ0v) is 16.3. The quantitative estimate of drug-likeness (QED) is 0.734. The van der Waals surface area contributed by atoms with E-state index in [1.54, 1.807) is 11.8 Å². The monoisotopic (exact) mass is 368 g/mol. The summed E-state index contributed by atoms with van der Waals surface area (Å²) in [5, 5.41) is 3.17. The number of nitrogens with one attached hydrogen (secondary N) is 1. The molecule has 26 heavy (non-hydrogen) atoms. The first kappa shape index (κ1) is 19.0. The number of carbonyl (C=O) groups excluding carboxylic acids is 1. The molecular weight excluding hydrogens is 340 g/mol. The lowest BCUT2D eigenvalue weighted by molar-refractivity contribution is -0.118. The van der Waals surface area contributed by atoms with Gasteiger partial charge in [0.2, 0.25) is 5.91 Å². The number of nitrogens with zero attached hydrogens (tertiary/aromatic N) is 1. The third-order valence-corrected chi connectivity index (χ3v) is 6.14. The van der Waals surface area contributed by atoms with Gasteiger partial charge in [0.25, 0.3) is 0 Å². The molecule has 1 fully saturated rings. The van der Waals surface area contributed by atoms with E-state index in [9.17, 15) is 4.79 Å². The van der Waals surface area contributed by atoms with Crippen molar-refractivity contribution >= 4 is 17.7 Å². The summed E-state index contributed by atoms with van der Waals surface area (Å²) in [6, 6.07) is 19.1. The minimum atomic E-state index is 0.108. The van der Waals surface area contributed by atoms with E-state index in [1.807, 2.05) is 18.2 Å². The first-order valence-electron chi connectivity index (χ1n) is 9.48.